The highest BCUT2D eigenvalue weighted by Gasteiger charge is 2.23. The fraction of sp³-hybridized carbons (Fsp3) is 0.500. The molecule has 0 aromatic heterocycles. The van der Waals surface area contributed by atoms with Crippen molar-refractivity contribution in [2.75, 3.05) is 12.3 Å². The highest BCUT2D eigenvalue weighted by molar-refractivity contribution is 6.31. The number of carbonyl (C=O) groups is 1. The molecule has 0 bridgehead atoms. The van der Waals surface area contributed by atoms with E-state index in [4.69, 9.17) is 17.3 Å². The van der Waals surface area contributed by atoms with Crippen molar-refractivity contribution in [1.82, 2.24) is 5.32 Å². The van der Waals surface area contributed by atoms with Crippen LogP contribution in [-0.4, -0.2) is 23.2 Å². The summed E-state index contributed by atoms with van der Waals surface area (Å²) in [6.45, 7) is 5.92. The van der Waals surface area contributed by atoms with Crippen molar-refractivity contribution in [2.45, 2.75) is 32.8 Å². The van der Waals surface area contributed by atoms with E-state index in [0.717, 1.165) is 0 Å². The highest BCUT2D eigenvalue weighted by Crippen LogP contribution is 2.19. The maximum atomic E-state index is 12.0. The Hall–Kier alpha value is -1.26. The van der Waals surface area contributed by atoms with Crippen LogP contribution in [0, 0.1) is 5.92 Å². The summed E-state index contributed by atoms with van der Waals surface area (Å²) in [5, 5.41) is 13.3. The highest BCUT2D eigenvalue weighted by atomic mass is 35.5. The van der Waals surface area contributed by atoms with Crippen molar-refractivity contribution in [3.05, 3.63) is 28.8 Å². The Balaban J connectivity index is 2.68. The molecular formula is C14H21ClN2O2. The van der Waals surface area contributed by atoms with Gasteiger partial charge in [-0.1, -0.05) is 25.4 Å². The lowest BCUT2D eigenvalue weighted by atomic mass is 9.94. The second-order valence-corrected chi connectivity index (χ2v) is 5.95. The van der Waals surface area contributed by atoms with Gasteiger partial charge in [-0.3, -0.25) is 4.79 Å². The van der Waals surface area contributed by atoms with Crippen molar-refractivity contribution in [2.24, 2.45) is 5.92 Å². The van der Waals surface area contributed by atoms with Gasteiger partial charge in [-0.25, -0.2) is 0 Å². The summed E-state index contributed by atoms with van der Waals surface area (Å²) in [6, 6.07) is 4.73. The number of amides is 1. The third-order valence-corrected chi connectivity index (χ3v) is 2.97. The van der Waals surface area contributed by atoms with E-state index in [1.54, 1.807) is 19.1 Å². The first-order chi connectivity index (χ1) is 8.71. The molecule has 4 N–H and O–H groups in total. The first kappa shape index (κ1) is 15.8. The minimum atomic E-state index is -0.933. The van der Waals surface area contributed by atoms with E-state index in [0.29, 0.717) is 28.6 Å². The summed E-state index contributed by atoms with van der Waals surface area (Å²) in [4.78, 5) is 12.0. The molecule has 4 nitrogen and oxygen atoms in total. The molecule has 1 amide bonds. The molecule has 19 heavy (non-hydrogen) atoms. The average molecular weight is 285 g/mol. The zero-order valence-corrected chi connectivity index (χ0v) is 12.3. The standard InChI is InChI=1S/C14H21ClN2O2/c1-9(2)7-14(3,19)8-17-13(18)11-6-10(15)4-5-12(11)16/h4-6,9,19H,7-8,16H2,1-3H3,(H,17,18). The Labute approximate surface area is 118 Å². The zero-order valence-electron chi connectivity index (χ0n) is 11.5. The van der Waals surface area contributed by atoms with Gasteiger partial charge in [-0.2, -0.15) is 0 Å². The van der Waals surface area contributed by atoms with E-state index in [-0.39, 0.29) is 12.5 Å². The molecule has 1 aromatic carbocycles. The maximum absolute atomic E-state index is 12.0. The number of hydrogen-bond acceptors (Lipinski definition) is 3. The summed E-state index contributed by atoms with van der Waals surface area (Å²) in [7, 11) is 0. The van der Waals surface area contributed by atoms with Crippen molar-refractivity contribution >= 4 is 23.2 Å². The molecule has 5 heteroatoms. The molecule has 1 aromatic rings. The topological polar surface area (TPSA) is 75.3 Å². The number of rotatable bonds is 5. The number of benzene rings is 1. The number of nitrogen functional groups attached to an aromatic ring is 1. The number of carbonyl (C=O) groups excluding carboxylic acids is 1. The number of anilines is 1. The fourth-order valence-electron chi connectivity index (χ4n) is 2.04. The van der Waals surface area contributed by atoms with E-state index >= 15 is 0 Å². The van der Waals surface area contributed by atoms with Crippen LogP contribution in [0.5, 0.6) is 0 Å². The van der Waals surface area contributed by atoms with Crippen molar-refractivity contribution in [3.63, 3.8) is 0 Å². The van der Waals surface area contributed by atoms with Crippen LogP contribution >= 0.6 is 11.6 Å². The minimum absolute atomic E-state index is 0.177. The monoisotopic (exact) mass is 284 g/mol. The Morgan fingerprint density at radius 2 is 2.16 bits per heavy atom. The van der Waals surface area contributed by atoms with Gasteiger partial charge in [0.2, 0.25) is 0 Å². The maximum Gasteiger partial charge on any atom is 0.253 e. The number of hydrogen-bond donors (Lipinski definition) is 3. The van der Waals surface area contributed by atoms with Crippen LogP contribution in [0.3, 0.4) is 0 Å². The summed E-state index contributed by atoms with van der Waals surface area (Å²) in [5.74, 6) is 0.0205. The molecule has 0 spiro atoms. The molecule has 0 fully saturated rings. The molecule has 0 aliphatic heterocycles. The van der Waals surface area contributed by atoms with Gasteiger partial charge < -0.3 is 16.2 Å². The third-order valence-electron chi connectivity index (χ3n) is 2.74. The summed E-state index contributed by atoms with van der Waals surface area (Å²) in [6.07, 6.45) is 0.609. The van der Waals surface area contributed by atoms with Crippen molar-refractivity contribution < 1.29 is 9.90 Å². The Morgan fingerprint density at radius 3 is 2.74 bits per heavy atom. The van der Waals surface area contributed by atoms with Gasteiger partial charge in [-0.05, 0) is 37.5 Å². The molecule has 0 saturated carbocycles. The SMILES string of the molecule is CC(C)CC(C)(O)CNC(=O)c1cc(Cl)ccc1N. The van der Waals surface area contributed by atoms with Gasteiger partial charge in [0, 0.05) is 17.3 Å². The van der Waals surface area contributed by atoms with Crippen LogP contribution in [-0.2, 0) is 0 Å². The summed E-state index contributed by atoms with van der Waals surface area (Å²) < 4.78 is 0. The molecule has 0 aliphatic rings. The molecular weight excluding hydrogens is 264 g/mol. The van der Waals surface area contributed by atoms with Gasteiger partial charge in [0.15, 0.2) is 0 Å². The van der Waals surface area contributed by atoms with E-state index in [9.17, 15) is 9.90 Å². The summed E-state index contributed by atoms with van der Waals surface area (Å²) >= 11 is 5.83. The first-order valence-electron chi connectivity index (χ1n) is 6.27. The lowest BCUT2D eigenvalue weighted by molar-refractivity contribution is 0.0368. The molecule has 0 radical (unpaired) electrons. The fourth-order valence-corrected chi connectivity index (χ4v) is 2.21. The van der Waals surface area contributed by atoms with Crippen LogP contribution in [0.25, 0.3) is 0 Å². The largest absolute Gasteiger partial charge is 0.398 e. The smallest absolute Gasteiger partial charge is 0.253 e. The van der Waals surface area contributed by atoms with Gasteiger partial charge in [-0.15, -0.1) is 0 Å². The van der Waals surface area contributed by atoms with Gasteiger partial charge in [0.1, 0.15) is 0 Å². The Bertz CT molecular complexity index is 459. The second kappa shape index (κ2) is 6.26. The average Bonchev–Trinajstić information content (AvgIpc) is 2.27. The van der Waals surface area contributed by atoms with E-state index in [1.165, 1.54) is 6.07 Å². The van der Waals surface area contributed by atoms with E-state index in [1.807, 2.05) is 13.8 Å². The zero-order chi connectivity index (χ0) is 14.6. The molecule has 1 rings (SSSR count). The summed E-state index contributed by atoms with van der Waals surface area (Å²) in [5.41, 5.74) is 5.49. The van der Waals surface area contributed by atoms with Crippen molar-refractivity contribution in [1.29, 1.82) is 0 Å². The van der Waals surface area contributed by atoms with Gasteiger partial charge in [0.05, 0.1) is 11.2 Å². The number of halogens is 1. The van der Waals surface area contributed by atoms with Crippen LogP contribution in [0.2, 0.25) is 5.02 Å². The van der Waals surface area contributed by atoms with Crippen molar-refractivity contribution in [3.8, 4) is 0 Å². The number of aliphatic hydroxyl groups is 1. The quantitative estimate of drug-likeness (QED) is 0.727. The van der Waals surface area contributed by atoms with Crippen LogP contribution < -0.4 is 11.1 Å². The first-order valence-corrected chi connectivity index (χ1v) is 6.64. The van der Waals surface area contributed by atoms with E-state index < -0.39 is 5.60 Å². The van der Waals surface area contributed by atoms with Crippen LogP contribution in [0.1, 0.15) is 37.6 Å². The second-order valence-electron chi connectivity index (χ2n) is 5.51. The van der Waals surface area contributed by atoms with E-state index in [2.05, 4.69) is 5.32 Å². The molecule has 1 unspecified atom stereocenters. The molecule has 0 saturated heterocycles. The Morgan fingerprint density at radius 1 is 1.53 bits per heavy atom. The molecule has 0 aliphatic carbocycles. The van der Waals surface area contributed by atoms with Crippen LogP contribution in [0.15, 0.2) is 18.2 Å². The predicted molar refractivity (Wildman–Crippen MR) is 78.3 cm³/mol. The molecule has 0 heterocycles. The number of nitrogens with one attached hydrogen (secondary N) is 1. The normalized spacial score (nSPS) is 14.2. The van der Waals surface area contributed by atoms with Crippen LogP contribution in [0.4, 0.5) is 5.69 Å². The van der Waals surface area contributed by atoms with Gasteiger partial charge in [0.25, 0.3) is 5.91 Å². The molecule has 1 atom stereocenters. The van der Waals surface area contributed by atoms with Gasteiger partial charge >= 0.3 is 0 Å². The Kier molecular flexibility index (Phi) is 5.20. The lowest BCUT2D eigenvalue weighted by Crippen LogP contribution is -2.41. The third kappa shape index (κ3) is 5.09. The number of nitrogens with two attached hydrogens (primary N) is 1. The predicted octanol–water partition coefficient (Wildman–Crippen LogP) is 2.45. The lowest BCUT2D eigenvalue weighted by Gasteiger charge is -2.25. The minimum Gasteiger partial charge on any atom is -0.398 e. The molecule has 106 valence electrons.